The first-order chi connectivity index (χ1) is 13.1. The molecule has 0 radical (unpaired) electrons. The molecule has 3 N–H and O–H groups in total. The summed E-state index contributed by atoms with van der Waals surface area (Å²) in [6.07, 6.45) is 0.818. The predicted octanol–water partition coefficient (Wildman–Crippen LogP) is 3.97. The van der Waals surface area contributed by atoms with Crippen LogP contribution in [0, 0.1) is 0 Å². The van der Waals surface area contributed by atoms with Crippen molar-refractivity contribution in [1.82, 2.24) is 14.9 Å². The lowest BCUT2D eigenvalue weighted by atomic mass is 10.1. The van der Waals surface area contributed by atoms with Gasteiger partial charge in [-0.1, -0.05) is 28.2 Å². The lowest BCUT2D eigenvalue weighted by Crippen LogP contribution is -2.30. The molecule has 3 rings (SSSR count). The summed E-state index contributed by atoms with van der Waals surface area (Å²) in [6, 6.07) is 15.0. The molecule has 0 bridgehead atoms. The van der Waals surface area contributed by atoms with Gasteiger partial charge in [0.15, 0.2) is 10.8 Å². The number of nitrogens with one attached hydrogen (secondary N) is 3. The highest BCUT2D eigenvalue weighted by Gasteiger charge is 2.08. The van der Waals surface area contributed by atoms with Gasteiger partial charge in [0.05, 0.1) is 0 Å². The summed E-state index contributed by atoms with van der Waals surface area (Å²) < 4.78 is 3.67. The van der Waals surface area contributed by atoms with Crippen molar-refractivity contribution in [3.05, 3.63) is 70.2 Å². The Morgan fingerprint density at radius 1 is 1.11 bits per heavy atom. The molecule has 0 spiro atoms. The Morgan fingerprint density at radius 3 is 2.52 bits per heavy atom. The molecule has 138 valence electrons. The number of amides is 1. The molecule has 0 unspecified atom stereocenters. The maximum Gasteiger partial charge on any atom is 0.277 e. The van der Waals surface area contributed by atoms with Crippen LogP contribution in [0.5, 0.6) is 0 Å². The van der Waals surface area contributed by atoms with Crippen LogP contribution in [0.25, 0.3) is 0 Å². The van der Waals surface area contributed by atoms with Gasteiger partial charge < -0.3 is 16.0 Å². The molecule has 9 heteroatoms. The van der Waals surface area contributed by atoms with E-state index in [1.54, 1.807) is 17.5 Å². The van der Waals surface area contributed by atoms with E-state index in [-0.39, 0.29) is 5.91 Å². The molecule has 0 aliphatic heterocycles. The smallest absolute Gasteiger partial charge is 0.277 e. The van der Waals surface area contributed by atoms with E-state index in [0.29, 0.717) is 23.0 Å². The monoisotopic (exact) mass is 417 g/mol. The first kappa shape index (κ1) is 19.2. The van der Waals surface area contributed by atoms with Gasteiger partial charge in [-0.2, -0.15) is 0 Å². The third-order valence-electron chi connectivity index (χ3n) is 3.58. The van der Waals surface area contributed by atoms with E-state index in [9.17, 15) is 4.79 Å². The fourth-order valence-electron chi connectivity index (χ4n) is 2.28. The molecule has 6 nitrogen and oxygen atoms in total. The number of rotatable bonds is 6. The van der Waals surface area contributed by atoms with Crippen LogP contribution in [0.4, 0.5) is 11.4 Å². The van der Waals surface area contributed by atoms with E-state index >= 15 is 0 Å². The van der Waals surface area contributed by atoms with Crippen LogP contribution in [0.3, 0.4) is 0 Å². The first-order valence-electron chi connectivity index (χ1n) is 8.08. The molecule has 3 aromatic rings. The quantitative estimate of drug-likeness (QED) is 0.526. The molecule has 0 aliphatic rings. The zero-order valence-electron chi connectivity index (χ0n) is 14.1. The van der Waals surface area contributed by atoms with Crippen LogP contribution >= 0.6 is 35.4 Å². The molecule has 0 aliphatic carbocycles. The van der Waals surface area contributed by atoms with Gasteiger partial charge in [0, 0.05) is 28.3 Å². The lowest BCUT2D eigenvalue weighted by Gasteiger charge is -2.11. The normalized spacial score (nSPS) is 10.3. The van der Waals surface area contributed by atoms with E-state index in [1.165, 1.54) is 0 Å². The molecule has 1 amide bonds. The molecule has 0 saturated heterocycles. The standard InChI is InChI=1S/C18H16ClN5OS2/c19-13-3-1-2-12(10-13)8-9-20-18(26)22-15-6-4-14(5-7-15)21-17(25)16-11-27-24-23-16/h1-7,10-11H,8-9H2,(H,21,25)(H2,20,22,26). The van der Waals surface area contributed by atoms with Gasteiger partial charge in [-0.3, -0.25) is 4.79 Å². The molecular weight excluding hydrogens is 402 g/mol. The van der Waals surface area contributed by atoms with Gasteiger partial charge in [0.2, 0.25) is 0 Å². The zero-order valence-corrected chi connectivity index (χ0v) is 16.5. The van der Waals surface area contributed by atoms with Crippen molar-refractivity contribution in [2.24, 2.45) is 0 Å². The number of benzene rings is 2. The van der Waals surface area contributed by atoms with E-state index < -0.39 is 0 Å². The summed E-state index contributed by atoms with van der Waals surface area (Å²) >= 11 is 12.4. The fraction of sp³-hybridized carbons (Fsp3) is 0.111. The average Bonchev–Trinajstić information content (AvgIpc) is 3.18. The van der Waals surface area contributed by atoms with E-state index in [0.717, 1.165) is 34.2 Å². The van der Waals surface area contributed by atoms with Crippen molar-refractivity contribution >= 4 is 57.7 Å². The van der Waals surface area contributed by atoms with Crippen LogP contribution in [0.1, 0.15) is 16.1 Å². The van der Waals surface area contributed by atoms with Crippen LogP contribution in [-0.4, -0.2) is 27.2 Å². The third kappa shape index (κ3) is 5.99. The number of thiocarbonyl (C=S) groups is 1. The Balaban J connectivity index is 1.44. The number of carbonyl (C=O) groups is 1. The molecule has 0 atom stereocenters. The summed E-state index contributed by atoms with van der Waals surface area (Å²) in [7, 11) is 0. The Morgan fingerprint density at radius 2 is 1.85 bits per heavy atom. The molecule has 0 saturated carbocycles. The average molecular weight is 418 g/mol. The topological polar surface area (TPSA) is 78.9 Å². The Bertz CT molecular complexity index is 916. The lowest BCUT2D eigenvalue weighted by molar-refractivity contribution is 0.102. The van der Waals surface area contributed by atoms with Gasteiger partial charge in [0.1, 0.15) is 0 Å². The number of hydrogen-bond donors (Lipinski definition) is 3. The second kappa shape index (κ2) is 9.40. The van der Waals surface area contributed by atoms with E-state index in [2.05, 4.69) is 25.5 Å². The van der Waals surface area contributed by atoms with Crippen molar-refractivity contribution < 1.29 is 4.79 Å². The summed E-state index contributed by atoms with van der Waals surface area (Å²) in [5.41, 5.74) is 2.93. The predicted molar refractivity (Wildman–Crippen MR) is 114 cm³/mol. The Hall–Kier alpha value is -2.55. The van der Waals surface area contributed by atoms with Gasteiger partial charge in [-0.05, 0) is 72.1 Å². The molecule has 1 aromatic heterocycles. The van der Waals surface area contributed by atoms with Crippen molar-refractivity contribution in [2.75, 3.05) is 17.2 Å². The van der Waals surface area contributed by atoms with E-state index in [1.807, 2.05) is 36.4 Å². The number of aromatic nitrogens is 2. The van der Waals surface area contributed by atoms with Gasteiger partial charge in [0.25, 0.3) is 5.91 Å². The highest BCUT2D eigenvalue weighted by atomic mass is 35.5. The van der Waals surface area contributed by atoms with Crippen LogP contribution < -0.4 is 16.0 Å². The number of halogens is 1. The zero-order chi connectivity index (χ0) is 19.1. The highest BCUT2D eigenvalue weighted by Crippen LogP contribution is 2.15. The summed E-state index contributed by atoms with van der Waals surface area (Å²) in [5, 5.41) is 15.6. The van der Waals surface area contributed by atoms with Crippen LogP contribution in [-0.2, 0) is 6.42 Å². The Labute approximate surface area is 171 Å². The van der Waals surface area contributed by atoms with E-state index in [4.69, 9.17) is 23.8 Å². The molecule has 2 aromatic carbocycles. The van der Waals surface area contributed by atoms with Gasteiger partial charge >= 0.3 is 0 Å². The van der Waals surface area contributed by atoms with Gasteiger partial charge in [-0.25, -0.2) is 0 Å². The number of anilines is 2. The fourth-order valence-corrected chi connectivity index (χ4v) is 3.15. The number of nitrogens with zero attached hydrogens (tertiary/aromatic N) is 2. The van der Waals surface area contributed by atoms with Crippen molar-refractivity contribution in [3.63, 3.8) is 0 Å². The minimum absolute atomic E-state index is 0.289. The largest absolute Gasteiger partial charge is 0.362 e. The maximum absolute atomic E-state index is 11.9. The number of hydrogen-bond acceptors (Lipinski definition) is 5. The minimum Gasteiger partial charge on any atom is -0.362 e. The summed E-state index contributed by atoms with van der Waals surface area (Å²) in [6.45, 7) is 0.696. The van der Waals surface area contributed by atoms with Crippen molar-refractivity contribution in [2.45, 2.75) is 6.42 Å². The number of carbonyl (C=O) groups excluding carboxylic acids is 1. The summed E-state index contributed by atoms with van der Waals surface area (Å²) in [4.78, 5) is 11.9. The van der Waals surface area contributed by atoms with Crippen LogP contribution in [0.2, 0.25) is 5.02 Å². The minimum atomic E-state index is -0.289. The molecular formula is C18H16ClN5OS2. The van der Waals surface area contributed by atoms with Crippen LogP contribution in [0.15, 0.2) is 53.9 Å². The summed E-state index contributed by atoms with van der Waals surface area (Å²) in [5.74, 6) is -0.289. The third-order valence-corrected chi connectivity index (χ3v) is 4.57. The second-order valence-electron chi connectivity index (χ2n) is 5.58. The SMILES string of the molecule is O=C(Nc1ccc(NC(=S)NCCc2cccc(Cl)c2)cc1)c1csnn1. The van der Waals surface area contributed by atoms with Crippen molar-refractivity contribution in [1.29, 1.82) is 0 Å². The molecule has 27 heavy (non-hydrogen) atoms. The van der Waals surface area contributed by atoms with Gasteiger partial charge in [-0.15, -0.1) is 5.10 Å². The Kier molecular flexibility index (Phi) is 6.69. The second-order valence-corrected chi connectivity index (χ2v) is 7.04. The maximum atomic E-state index is 11.9. The van der Waals surface area contributed by atoms with Crippen molar-refractivity contribution in [3.8, 4) is 0 Å². The molecule has 0 fully saturated rings. The highest BCUT2D eigenvalue weighted by molar-refractivity contribution is 7.80. The first-order valence-corrected chi connectivity index (χ1v) is 9.70. The molecule has 1 heterocycles.